The third-order valence-electron chi connectivity index (χ3n) is 2.73. The number of aryl methyl sites for hydroxylation is 1. The van der Waals surface area contributed by atoms with Crippen LogP contribution in [0.3, 0.4) is 0 Å². The highest BCUT2D eigenvalue weighted by molar-refractivity contribution is 9.10. The molecular formula is C11H12BrCl. The van der Waals surface area contributed by atoms with Crippen LogP contribution >= 0.6 is 27.5 Å². The van der Waals surface area contributed by atoms with E-state index >= 15 is 0 Å². The maximum Gasteiger partial charge on any atom is 0.0257 e. The molecule has 0 heterocycles. The molecule has 0 N–H and O–H groups in total. The first-order chi connectivity index (χ1) is 6.22. The molecule has 0 radical (unpaired) electrons. The second-order valence-corrected chi connectivity index (χ2v) is 4.93. The van der Waals surface area contributed by atoms with Gasteiger partial charge < -0.3 is 0 Å². The van der Waals surface area contributed by atoms with E-state index in [1.54, 1.807) is 0 Å². The molecule has 1 saturated carbocycles. The van der Waals surface area contributed by atoms with Crippen LogP contribution < -0.4 is 0 Å². The summed E-state index contributed by atoms with van der Waals surface area (Å²) in [7, 11) is 0. The first-order valence-corrected chi connectivity index (χ1v) is 5.87. The van der Waals surface area contributed by atoms with Crippen molar-refractivity contribution in [3.8, 4) is 0 Å². The maximum atomic E-state index is 5.81. The van der Waals surface area contributed by atoms with E-state index in [0.717, 1.165) is 17.7 Å². The lowest BCUT2D eigenvalue weighted by atomic mass is 10.1. The fraction of sp³-hybridized carbons (Fsp3) is 0.455. The van der Waals surface area contributed by atoms with Gasteiger partial charge in [-0.3, -0.25) is 0 Å². The van der Waals surface area contributed by atoms with Gasteiger partial charge in [0.15, 0.2) is 0 Å². The van der Waals surface area contributed by atoms with Crippen molar-refractivity contribution in [1.82, 2.24) is 0 Å². The standard InChI is InChI=1S/C11H12BrCl/c1-7-4-8(2-3-11(7)12)10-5-9(10)6-13/h2-4,9-10H,5-6H2,1H3. The Kier molecular flexibility index (Phi) is 2.66. The van der Waals surface area contributed by atoms with Gasteiger partial charge in [0.25, 0.3) is 0 Å². The summed E-state index contributed by atoms with van der Waals surface area (Å²) in [4.78, 5) is 0. The summed E-state index contributed by atoms with van der Waals surface area (Å²) in [6.07, 6.45) is 1.27. The Morgan fingerprint density at radius 1 is 1.54 bits per heavy atom. The normalized spacial score (nSPS) is 26.1. The SMILES string of the molecule is Cc1cc(C2CC2CCl)ccc1Br. The average Bonchev–Trinajstić information content (AvgIpc) is 2.88. The van der Waals surface area contributed by atoms with Gasteiger partial charge in [-0.15, -0.1) is 11.6 Å². The molecule has 0 saturated heterocycles. The highest BCUT2D eigenvalue weighted by Crippen LogP contribution is 2.48. The summed E-state index contributed by atoms with van der Waals surface area (Å²) in [6, 6.07) is 6.60. The summed E-state index contributed by atoms with van der Waals surface area (Å²) in [6.45, 7) is 2.13. The fourth-order valence-corrected chi connectivity index (χ4v) is 2.31. The summed E-state index contributed by atoms with van der Waals surface area (Å²) in [5.41, 5.74) is 2.77. The van der Waals surface area contributed by atoms with Crippen LogP contribution in [0, 0.1) is 12.8 Å². The number of halogens is 2. The van der Waals surface area contributed by atoms with Gasteiger partial charge in [-0.1, -0.05) is 28.1 Å². The molecule has 0 aliphatic heterocycles. The molecule has 2 rings (SSSR count). The predicted octanol–water partition coefficient (Wildman–Crippen LogP) is 4.10. The van der Waals surface area contributed by atoms with E-state index < -0.39 is 0 Å². The molecule has 70 valence electrons. The Hall–Kier alpha value is -0.0100. The van der Waals surface area contributed by atoms with Crippen molar-refractivity contribution >= 4 is 27.5 Å². The van der Waals surface area contributed by atoms with Crippen LogP contribution in [-0.4, -0.2) is 5.88 Å². The van der Waals surface area contributed by atoms with E-state index in [-0.39, 0.29) is 0 Å². The number of hydrogen-bond acceptors (Lipinski definition) is 0. The molecule has 13 heavy (non-hydrogen) atoms. The van der Waals surface area contributed by atoms with E-state index in [1.165, 1.54) is 22.0 Å². The van der Waals surface area contributed by atoms with Gasteiger partial charge in [0.1, 0.15) is 0 Å². The minimum atomic E-state index is 0.724. The van der Waals surface area contributed by atoms with Gasteiger partial charge in [0.05, 0.1) is 0 Å². The first kappa shape index (κ1) is 9.54. The lowest BCUT2D eigenvalue weighted by Crippen LogP contribution is -1.86. The van der Waals surface area contributed by atoms with E-state index in [9.17, 15) is 0 Å². The minimum Gasteiger partial charge on any atom is -0.126 e. The fourth-order valence-electron chi connectivity index (χ4n) is 1.72. The third kappa shape index (κ3) is 1.92. The zero-order valence-corrected chi connectivity index (χ0v) is 9.90. The zero-order chi connectivity index (χ0) is 9.42. The largest absolute Gasteiger partial charge is 0.126 e. The van der Waals surface area contributed by atoms with Gasteiger partial charge in [0.2, 0.25) is 0 Å². The van der Waals surface area contributed by atoms with Gasteiger partial charge in [-0.25, -0.2) is 0 Å². The second kappa shape index (κ2) is 3.62. The lowest BCUT2D eigenvalue weighted by Gasteiger charge is -2.02. The quantitative estimate of drug-likeness (QED) is 0.702. The molecule has 1 fully saturated rings. The van der Waals surface area contributed by atoms with Gasteiger partial charge in [-0.05, 0) is 42.4 Å². The highest BCUT2D eigenvalue weighted by Gasteiger charge is 2.37. The first-order valence-electron chi connectivity index (χ1n) is 4.54. The maximum absolute atomic E-state index is 5.81. The summed E-state index contributed by atoms with van der Waals surface area (Å²) in [5.74, 6) is 2.26. The molecule has 2 unspecified atom stereocenters. The predicted molar refractivity (Wildman–Crippen MR) is 60.4 cm³/mol. The molecular weight excluding hydrogens is 247 g/mol. The molecule has 0 bridgehead atoms. The van der Waals surface area contributed by atoms with Crippen LogP contribution in [0.15, 0.2) is 22.7 Å². The molecule has 1 aliphatic rings. The molecule has 0 amide bonds. The van der Waals surface area contributed by atoms with Crippen molar-refractivity contribution in [3.63, 3.8) is 0 Å². The topological polar surface area (TPSA) is 0 Å². The smallest absolute Gasteiger partial charge is 0.0257 e. The zero-order valence-electron chi connectivity index (χ0n) is 7.56. The van der Waals surface area contributed by atoms with Crippen LogP contribution in [-0.2, 0) is 0 Å². The van der Waals surface area contributed by atoms with Crippen LogP contribution in [0.2, 0.25) is 0 Å². The van der Waals surface area contributed by atoms with E-state index in [1.807, 2.05) is 0 Å². The molecule has 0 aromatic heterocycles. The van der Waals surface area contributed by atoms with Crippen LogP contribution in [0.5, 0.6) is 0 Å². The lowest BCUT2D eigenvalue weighted by molar-refractivity contribution is 0.922. The molecule has 1 aromatic rings. The molecule has 2 atom stereocenters. The third-order valence-corrected chi connectivity index (χ3v) is 4.02. The van der Waals surface area contributed by atoms with Crippen LogP contribution in [0.1, 0.15) is 23.5 Å². The highest BCUT2D eigenvalue weighted by atomic mass is 79.9. The monoisotopic (exact) mass is 258 g/mol. The molecule has 0 spiro atoms. The molecule has 1 aliphatic carbocycles. The minimum absolute atomic E-state index is 0.724. The van der Waals surface area contributed by atoms with Crippen molar-refractivity contribution in [2.75, 3.05) is 5.88 Å². The van der Waals surface area contributed by atoms with Gasteiger partial charge in [0, 0.05) is 10.4 Å². The second-order valence-electron chi connectivity index (χ2n) is 3.77. The van der Waals surface area contributed by atoms with E-state index in [0.29, 0.717) is 0 Å². The van der Waals surface area contributed by atoms with Crippen molar-refractivity contribution < 1.29 is 0 Å². The van der Waals surface area contributed by atoms with Crippen LogP contribution in [0.25, 0.3) is 0 Å². The average molecular weight is 260 g/mol. The Morgan fingerprint density at radius 3 is 2.85 bits per heavy atom. The van der Waals surface area contributed by atoms with Crippen molar-refractivity contribution in [2.45, 2.75) is 19.3 Å². The summed E-state index contributed by atoms with van der Waals surface area (Å²) < 4.78 is 1.19. The number of hydrogen-bond donors (Lipinski definition) is 0. The van der Waals surface area contributed by atoms with Crippen LogP contribution in [0.4, 0.5) is 0 Å². The van der Waals surface area contributed by atoms with Crippen molar-refractivity contribution in [3.05, 3.63) is 33.8 Å². The van der Waals surface area contributed by atoms with E-state index in [2.05, 4.69) is 41.1 Å². The number of benzene rings is 1. The summed E-state index contributed by atoms with van der Waals surface area (Å²) in [5, 5.41) is 0. The number of rotatable bonds is 2. The molecule has 0 nitrogen and oxygen atoms in total. The Morgan fingerprint density at radius 2 is 2.31 bits per heavy atom. The molecule has 2 heteroatoms. The van der Waals surface area contributed by atoms with Gasteiger partial charge >= 0.3 is 0 Å². The van der Waals surface area contributed by atoms with Gasteiger partial charge in [-0.2, -0.15) is 0 Å². The van der Waals surface area contributed by atoms with Crippen molar-refractivity contribution in [1.29, 1.82) is 0 Å². The van der Waals surface area contributed by atoms with E-state index in [4.69, 9.17) is 11.6 Å². The Balaban J connectivity index is 2.19. The Labute approximate surface area is 92.4 Å². The Bertz CT molecular complexity index is 322. The summed E-state index contributed by atoms with van der Waals surface area (Å²) >= 11 is 9.31. The van der Waals surface area contributed by atoms with Crippen molar-refractivity contribution in [2.24, 2.45) is 5.92 Å². The molecule has 1 aromatic carbocycles. The number of alkyl halides is 1.